The molecular weight excluding hydrogens is 428 g/mol. The number of hydrogen-bond acceptors (Lipinski definition) is 7. The minimum Gasteiger partial charge on any atom is -0.437 e. The van der Waals surface area contributed by atoms with Gasteiger partial charge in [-0.15, -0.1) is 0 Å². The number of hydrogen-bond donors (Lipinski definition) is 0. The number of aryl methyl sites for hydroxylation is 1. The number of para-hydroxylation sites is 1. The van der Waals surface area contributed by atoms with Gasteiger partial charge in [0.2, 0.25) is 5.88 Å². The summed E-state index contributed by atoms with van der Waals surface area (Å²) in [5.74, 6) is 1.24. The maximum Gasteiger partial charge on any atom is 0.255 e. The molecule has 1 fully saturated rings. The fraction of sp³-hybridized carbons (Fsp3) is 0.231. The first-order chi connectivity index (χ1) is 16.7. The fourth-order valence-electron chi connectivity index (χ4n) is 4.16. The molecule has 0 bridgehead atoms. The lowest BCUT2D eigenvalue weighted by Gasteiger charge is -2.32. The highest BCUT2D eigenvalue weighted by atomic mass is 16.5. The van der Waals surface area contributed by atoms with Gasteiger partial charge in [0.15, 0.2) is 0 Å². The van der Waals surface area contributed by atoms with Crippen LogP contribution in [-0.4, -0.2) is 48.8 Å². The van der Waals surface area contributed by atoms with E-state index in [4.69, 9.17) is 4.74 Å². The van der Waals surface area contributed by atoms with Gasteiger partial charge in [-0.05, 0) is 43.5 Å². The van der Waals surface area contributed by atoms with Crippen LogP contribution in [0.25, 0.3) is 11.3 Å². The number of likely N-dealkylation sites (tertiary alicyclic amines) is 1. The van der Waals surface area contributed by atoms with Gasteiger partial charge in [-0.1, -0.05) is 18.2 Å². The average Bonchev–Trinajstić information content (AvgIpc) is 2.90. The quantitative estimate of drug-likeness (QED) is 0.442. The number of rotatable bonds is 5. The zero-order valence-electron chi connectivity index (χ0n) is 18.8. The molecule has 0 spiro atoms. The van der Waals surface area contributed by atoms with Crippen molar-refractivity contribution in [2.45, 2.75) is 25.7 Å². The van der Waals surface area contributed by atoms with Gasteiger partial charge in [0.05, 0.1) is 11.3 Å². The van der Waals surface area contributed by atoms with Crippen molar-refractivity contribution in [3.05, 3.63) is 90.5 Å². The number of benzene rings is 1. The third-order valence-corrected chi connectivity index (χ3v) is 5.95. The number of amides is 1. The van der Waals surface area contributed by atoms with Crippen LogP contribution in [0.3, 0.4) is 0 Å². The number of carbonyl (C=O) groups excluding carboxylic acids is 1. The van der Waals surface area contributed by atoms with Crippen LogP contribution in [0.2, 0.25) is 0 Å². The van der Waals surface area contributed by atoms with Crippen molar-refractivity contribution in [1.82, 2.24) is 29.8 Å². The monoisotopic (exact) mass is 452 g/mol. The molecule has 34 heavy (non-hydrogen) atoms. The van der Waals surface area contributed by atoms with E-state index in [1.807, 2.05) is 42.2 Å². The van der Waals surface area contributed by atoms with Crippen molar-refractivity contribution in [3.63, 3.8) is 0 Å². The Bertz CT molecular complexity index is 1280. The molecule has 1 aliphatic rings. The average molecular weight is 453 g/mol. The molecule has 170 valence electrons. The van der Waals surface area contributed by atoms with Gasteiger partial charge in [0, 0.05) is 55.6 Å². The summed E-state index contributed by atoms with van der Waals surface area (Å²) >= 11 is 0. The number of ether oxygens (including phenoxy) is 1. The standard InChI is InChI=1S/C26H24N6O2/c1-18-5-2-3-7-23(18)34-25-24(29-10-11-30-25)20-6-4-12-32(16-20)26(33)19-8-9-22(31-15-19)21-13-27-17-28-14-21/h2-3,5,7-11,13-15,17,20H,4,6,12,16H2,1H3/t20-/m1/s1. The van der Waals surface area contributed by atoms with Crippen LogP contribution in [0, 0.1) is 6.92 Å². The molecule has 1 aliphatic heterocycles. The second-order valence-corrected chi connectivity index (χ2v) is 8.26. The van der Waals surface area contributed by atoms with E-state index in [1.165, 1.54) is 6.33 Å². The molecule has 8 nitrogen and oxygen atoms in total. The zero-order chi connectivity index (χ0) is 23.3. The molecule has 1 aromatic carbocycles. The molecule has 0 unspecified atom stereocenters. The Kier molecular flexibility index (Phi) is 6.20. The zero-order valence-corrected chi connectivity index (χ0v) is 18.8. The first kappa shape index (κ1) is 21.6. The summed E-state index contributed by atoms with van der Waals surface area (Å²) in [6, 6.07) is 11.4. The largest absolute Gasteiger partial charge is 0.437 e. The van der Waals surface area contributed by atoms with Crippen LogP contribution in [0.5, 0.6) is 11.6 Å². The molecule has 1 saturated heterocycles. The van der Waals surface area contributed by atoms with E-state index in [0.29, 0.717) is 24.5 Å². The van der Waals surface area contributed by atoms with Gasteiger partial charge in [-0.25, -0.2) is 15.0 Å². The van der Waals surface area contributed by atoms with E-state index < -0.39 is 0 Å². The normalized spacial score (nSPS) is 15.7. The Morgan fingerprint density at radius 2 is 1.82 bits per heavy atom. The van der Waals surface area contributed by atoms with Gasteiger partial charge in [-0.3, -0.25) is 14.8 Å². The molecule has 3 aromatic heterocycles. The summed E-state index contributed by atoms with van der Waals surface area (Å²) in [4.78, 5) is 36.6. The van der Waals surface area contributed by atoms with E-state index in [2.05, 4.69) is 24.9 Å². The van der Waals surface area contributed by atoms with Crippen LogP contribution < -0.4 is 4.74 Å². The number of pyridine rings is 1. The highest BCUT2D eigenvalue weighted by molar-refractivity contribution is 5.94. The van der Waals surface area contributed by atoms with Crippen molar-refractivity contribution in [2.75, 3.05) is 13.1 Å². The molecule has 0 radical (unpaired) electrons. The van der Waals surface area contributed by atoms with Crippen LogP contribution in [0.15, 0.2) is 73.7 Å². The summed E-state index contributed by atoms with van der Waals surface area (Å²) < 4.78 is 6.13. The SMILES string of the molecule is Cc1ccccc1Oc1nccnc1[C@@H]1CCCN(C(=O)c2ccc(-c3cncnc3)nc2)C1. The van der Waals surface area contributed by atoms with Crippen molar-refractivity contribution >= 4 is 5.91 Å². The summed E-state index contributed by atoms with van der Waals surface area (Å²) in [6.45, 7) is 3.24. The molecule has 0 aliphatic carbocycles. The molecule has 4 aromatic rings. The van der Waals surface area contributed by atoms with Crippen molar-refractivity contribution < 1.29 is 9.53 Å². The van der Waals surface area contributed by atoms with Gasteiger partial charge in [-0.2, -0.15) is 0 Å². The number of aromatic nitrogens is 5. The third kappa shape index (κ3) is 4.61. The Hall–Kier alpha value is -4.20. The fourth-order valence-corrected chi connectivity index (χ4v) is 4.16. The third-order valence-electron chi connectivity index (χ3n) is 5.95. The minimum absolute atomic E-state index is 0.0409. The van der Waals surface area contributed by atoms with Crippen LogP contribution >= 0.6 is 0 Å². The minimum atomic E-state index is -0.0432. The maximum atomic E-state index is 13.2. The Morgan fingerprint density at radius 3 is 2.62 bits per heavy atom. The molecule has 0 N–H and O–H groups in total. The molecule has 0 saturated carbocycles. The van der Waals surface area contributed by atoms with Crippen molar-refractivity contribution in [3.8, 4) is 22.9 Å². The Labute approximate surface area is 197 Å². The topological polar surface area (TPSA) is 94.0 Å². The highest BCUT2D eigenvalue weighted by Gasteiger charge is 2.29. The molecule has 4 heterocycles. The lowest BCUT2D eigenvalue weighted by atomic mass is 9.94. The predicted molar refractivity (Wildman–Crippen MR) is 126 cm³/mol. The van der Waals surface area contributed by atoms with Crippen LogP contribution in [0.4, 0.5) is 0 Å². The molecule has 1 amide bonds. The molecule has 1 atom stereocenters. The van der Waals surface area contributed by atoms with E-state index in [9.17, 15) is 4.79 Å². The molecule has 5 rings (SSSR count). The summed E-state index contributed by atoms with van der Waals surface area (Å²) in [7, 11) is 0. The highest BCUT2D eigenvalue weighted by Crippen LogP contribution is 2.33. The van der Waals surface area contributed by atoms with Gasteiger partial charge in [0.1, 0.15) is 17.8 Å². The Morgan fingerprint density at radius 1 is 1.00 bits per heavy atom. The second kappa shape index (κ2) is 9.74. The van der Waals surface area contributed by atoms with Gasteiger partial charge < -0.3 is 9.64 Å². The number of carbonyl (C=O) groups is 1. The molecule has 8 heteroatoms. The first-order valence-corrected chi connectivity index (χ1v) is 11.2. The van der Waals surface area contributed by atoms with E-state index in [1.54, 1.807) is 37.1 Å². The van der Waals surface area contributed by atoms with E-state index >= 15 is 0 Å². The van der Waals surface area contributed by atoms with Crippen LogP contribution in [0.1, 0.15) is 40.4 Å². The summed E-state index contributed by atoms with van der Waals surface area (Å²) in [5.41, 5.74) is 3.89. The number of piperidine rings is 1. The number of nitrogens with zero attached hydrogens (tertiary/aromatic N) is 6. The second-order valence-electron chi connectivity index (χ2n) is 8.26. The first-order valence-electron chi connectivity index (χ1n) is 11.2. The maximum absolute atomic E-state index is 13.2. The van der Waals surface area contributed by atoms with Gasteiger partial charge >= 0.3 is 0 Å². The lowest BCUT2D eigenvalue weighted by Crippen LogP contribution is -2.39. The summed E-state index contributed by atoms with van der Waals surface area (Å²) in [5, 5.41) is 0. The lowest BCUT2D eigenvalue weighted by molar-refractivity contribution is 0.0704. The van der Waals surface area contributed by atoms with Gasteiger partial charge in [0.25, 0.3) is 5.91 Å². The van der Waals surface area contributed by atoms with E-state index in [-0.39, 0.29) is 11.8 Å². The Balaban J connectivity index is 1.33. The predicted octanol–water partition coefficient (Wildman–Crippen LogP) is 4.45. The van der Waals surface area contributed by atoms with E-state index in [0.717, 1.165) is 41.1 Å². The summed E-state index contributed by atoms with van der Waals surface area (Å²) in [6.07, 6.45) is 11.6. The van der Waals surface area contributed by atoms with Crippen LogP contribution in [-0.2, 0) is 0 Å². The molecular formula is C26H24N6O2. The smallest absolute Gasteiger partial charge is 0.255 e. The van der Waals surface area contributed by atoms with Crippen molar-refractivity contribution in [2.24, 2.45) is 0 Å². The van der Waals surface area contributed by atoms with Crippen molar-refractivity contribution in [1.29, 1.82) is 0 Å².